The molecule has 2 fully saturated rings. The molecule has 1 N–H and O–H groups in total. The number of hydrogen-bond donors (Lipinski definition) is 1. The van der Waals surface area contributed by atoms with Gasteiger partial charge >= 0.3 is 0 Å². The van der Waals surface area contributed by atoms with Crippen molar-refractivity contribution in [3.63, 3.8) is 0 Å². The molecule has 112 valence electrons. The largest absolute Gasteiger partial charge is 0.393 e. The van der Waals surface area contributed by atoms with Crippen LogP contribution in [0.4, 0.5) is 0 Å². The molecular formula is C16H30O2S. The Hall–Kier alpha value is 0.270. The normalized spacial score (nSPS) is 32.8. The van der Waals surface area contributed by atoms with E-state index in [0.717, 1.165) is 31.6 Å². The molecule has 19 heavy (non-hydrogen) atoms. The number of aliphatic hydroxyl groups excluding tert-OH is 1. The smallest absolute Gasteiger partial charge is 0.0783 e. The molecule has 3 unspecified atom stereocenters. The highest BCUT2D eigenvalue weighted by Gasteiger charge is 2.41. The van der Waals surface area contributed by atoms with Crippen LogP contribution in [0.5, 0.6) is 0 Å². The van der Waals surface area contributed by atoms with Crippen molar-refractivity contribution in [2.75, 3.05) is 18.1 Å². The molecule has 2 rings (SSSR count). The second-order valence-electron chi connectivity index (χ2n) is 6.36. The zero-order chi connectivity index (χ0) is 13.6. The highest BCUT2D eigenvalue weighted by atomic mass is 32.2. The average molecular weight is 286 g/mol. The van der Waals surface area contributed by atoms with Crippen LogP contribution in [0.3, 0.4) is 0 Å². The van der Waals surface area contributed by atoms with Crippen LogP contribution < -0.4 is 0 Å². The van der Waals surface area contributed by atoms with E-state index in [1.807, 2.05) is 11.8 Å². The molecule has 0 radical (unpaired) electrons. The van der Waals surface area contributed by atoms with Crippen molar-refractivity contribution >= 4 is 11.8 Å². The first-order chi connectivity index (χ1) is 9.26. The van der Waals surface area contributed by atoms with Gasteiger partial charge in [-0.05, 0) is 37.4 Å². The predicted octanol–water partition coefficient (Wildman–Crippen LogP) is 4.01. The van der Waals surface area contributed by atoms with Gasteiger partial charge in [0, 0.05) is 12.4 Å². The summed E-state index contributed by atoms with van der Waals surface area (Å²) in [5.74, 6) is 2.87. The van der Waals surface area contributed by atoms with E-state index < -0.39 is 0 Å². The fraction of sp³-hybridized carbons (Fsp3) is 1.00. The van der Waals surface area contributed by atoms with Gasteiger partial charge in [-0.25, -0.2) is 0 Å². The monoisotopic (exact) mass is 286 g/mol. The number of unbranched alkanes of at least 4 members (excludes halogenated alkanes) is 4. The maximum Gasteiger partial charge on any atom is 0.0783 e. The van der Waals surface area contributed by atoms with E-state index in [4.69, 9.17) is 4.74 Å². The summed E-state index contributed by atoms with van der Waals surface area (Å²) in [6.45, 7) is 3.11. The molecule has 2 saturated heterocycles. The lowest BCUT2D eigenvalue weighted by Crippen LogP contribution is -2.43. The Bertz CT molecular complexity index is 251. The Morgan fingerprint density at radius 1 is 1.32 bits per heavy atom. The van der Waals surface area contributed by atoms with Crippen molar-refractivity contribution in [3.05, 3.63) is 0 Å². The molecule has 1 spiro atoms. The Balaban J connectivity index is 1.68. The van der Waals surface area contributed by atoms with Crippen LogP contribution in [0.1, 0.15) is 64.7 Å². The second kappa shape index (κ2) is 7.90. The van der Waals surface area contributed by atoms with Gasteiger partial charge in [0.05, 0.1) is 11.7 Å². The molecule has 0 aromatic carbocycles. The molecule has 2 aliphatic heterocycles. The Morgan fingerprint density at radius 3 is 2.89 bits per heavy atom. The van der Waals surface area contributed by atoms with Crippen LogP contribution in [0.2, 0.25) is 0 Å². The van der Waals surface area contributed by atoms with Crippen LogP contribution in [-0.4, -0.2) is 34.9 Å². The fourth-order valence-electron chi connectivity index (χ4n) is 3.45. The molecule has 3 atom stereocenters. The summed E-state index contributed by atoms with van der Waals surface area (Å²) in [6, 6.07) is 0. The summed E-state index contributed by atoms with van der Waals surface area (Å²) in [6.07, 6.45) is 10.7. The third-order valence-electron chi connectivity index (χ3n) is 4.75. The van der Waals surface area contributed by atoms with Gasteiger partial charge < -0.3 is 9.84 Å². The summed E-state index contributed by atoms with van der Waals surface area (Å²) in [5, 5.41) is 10.4. The van der Waals surface area contributed by atoms with E-state index in [2.05, 4.69) is 6.92 Å². The molecule has 0 bridgehead atoms. The lowest BCUT2D eigenvalue weighted by atomic mass is 9.81. The summed E-state index contributed by atoms with van der Waals surface area (Å²) >= 11 is 2.01. The maximum atomic E-state index is 10.4. The lowest BCUT2D eigenvalue weighted by Gasteiger charge is -2.39. The Morgan fingerprint density at radius 2 is 2.16 bits per heavy atom. The van der Waals surface area contributed by atoms with Crippen LogP contribution in [0.15, 0.2) is 0 Å². The molecule has 3 heteroatoms. The summed E-state index contributed by atoms with van der Waals surface area (Å²) in [4.78, 5) is 0. The third-order valence-corrected chi connectivity index (χ3v) is 5.97. The van der Waals surface area contributed by atoms with Gasteiger partial charge in [0.2, 0.25) is 0 Å². The van der Waals surface area contributed by atoms with Gasteiger partial charge in [0.25, 0.3) is 0 Å². The first-order valence-corrected chi connectivity index (χ1v) is 9.31. The molecule has 2 aliphatic rings. The molecule has 2 nitrogen and oxygen atoms in total. The van der Waals surface area contributed by atoms with Gasteiger partial charge in [-0.3, -0.25) is 0 Å². The third kappa shape index (κ3) is 4.64. The van der Waals surface area contributed by atoms with Crippen molar-refractivity contribution in [2.45, 2.75) is 76.4 Å². The minimum absolute atomic E-state index is 0.0898. The van der Waals surface area contributed by atoms with Crippen LogP contribution >= 0.6 is 11.8 Å². The topological polar surface area (TPSA) is 29.5 Å². The van der Waals surface area contributed by atoms with E-state index in [1.165, 1.54) is 44.3 Å². The lowest BCUT2D eigenvalue weighted by molar-refractivity contribution is -0.102. The zero-order valence-electron chi connectivity index (χ0n) is 12.4. The molecule has 0 aromatic rings. The maximum absolute atomic E-state index is 10.4. The second-order valence-corrected chi connectivity index (χ2v) is 7.46. The van der Waals surface area contributed by atoms with Crippen molar-refractivity contribution in [1.29, 1.82) is 0 Å². The van der Waals surface area contributed by atoms with Gasteiger partial charge in [0.15, 0.2) is 0 Å². The molecule has 0 amide bonds. The van der Waals surface area contributed by atoms with Crippen molar-refractivity contribution in [3.8, 4) is 0 Å². The quantitative estimate of drug-likeness (QED) is 0.717. The van der Waals surface area contributed by atoms with Crippen molar-refractivity contribution in [2.24, 2.45) is 5.92 Å². The summed E-state index contributed by atoms with van der Waals surface area (Å²) in [5.41, 5.74) is 0.122. The number of aliphatic hydroxyl groups is 1. The number of hydrogen-bond acceptors (Lipinski definition) is 3. The Kier molecular flexibility index (Phi) is 6.51. The minimum Gasteiger partial charge on any atom is -0.393 e. The molecule has 2 heterocycles. The van der Waals surface area contributed by atoms with Gasteiger partial charge in [-0.1, -0.05) is 39.0 Å². The highest BCUT2D eigenvalue weighted by molar-refractivity contribution is 7.99. The van der Waals surface area contributed by atoms with E-state index in [-0.39, 0.29) is 11.7 Å². The summed E-state index contributed by atoms with van der Waals surface area (Å²) < 4.78 is 6.03. The standard InChI is InChI=1S/C16H30O2S/c1-2-3-4-5-6-7-15(17)14-8-10-18-16(12-14)9-11-19-13-16/h14-15,17H,2-13H2,1H3. The Labute approximate surface area is 122 Å². The molecular weight excluding hydrogens is 256 g/mol. The highest BCUT2D eigenvalue weighted by Crippen LogP contribution is 2.41. The first-order valence-electron chi connectivity index (χ1n) is 8.15. The molecule has 0 aliphatic carbocycles. The molecule has 0 aromatic heterocycles. The van der Waals surface area contributed by atoms with Gasteiger partial charge in [0.1, 0.15) is 0 Å². The van der Waals surface area contributed by atoms with Gasteiger partial charge in [-0.2, -0.15) is 11.8 Å². The summed E-state index contributed by atoms with van der Waals surface area (Å²) in [7, 11) is 0. The van der Waals surface area contributed by atoms with Gasteiger partial charge in [-0.15, -0.1) is 0 Å². The SMILES string of the molecule is CCCCCCCC(O)C1CCOC2(CCSC2)C1. The van der Waals surface area contributed by atoms with E-state index in [0.29, 0.717) is 5.92 Å². The molecule has 0 saturated carbocycles. The zero-order valence-corrected chi connectivity index (χ0v) is 13.2. The average Bonchev–Trinajstić information content (AvgIpc) is 2.86. The fourth-order valence-corrected chi connectivity index (χ4v) is 4.83. The predicted molar refractivity (Wildman–Crippen MR) is 82.7 cm³/mol. The van der Waals surface area contributed by atoms with Crippen molar-refractivity contribution < 1.29 is 9.84 Å². The van der Waals surface area contributed by atoms with E-state index in [9.17, 15) is 5.11 Å². The number of rotatable bonds is 7. The van der Waals surface area contributed by atoms with E-state index >= 15 is 0 Å². The van der Waals surface area contributed by atoms with Crippen LogP contribution in [0.25, 0.3) is 0 Å². The van der Waals surface area contributed by atoms with Crippen molar-refractivity contribution in [1.82, 2.24) is 0 Å². The van der Waals surface area contributed by atoms with Crippen LogP contribution in [0, 0.1) is 5.92 Å². The minimum atomic E-state index is -0.0898. The van der Waals surface area contributed by atoms with Crippen LogP contribution in [-0.2, 0) is 4.74 Å². The number of thioether (sulfide) groups is 1. The van der Waals surface area contributed by atoms with E-state index in [1.54, 1.807) is 0 Å². The first kappa shape index (κ1) is 15.7. The number of ether oxygens (including phenoxy) is 1.